The highest BCUT2D eigenvalue weighted by atomic mass is 79.9. The zero-order chi connectivity index (χ0) is 25.0. The standard InChI is InChI=1S/C22H19BrClN3O6S/c1-14-6-8-18(12-19(14)27(29)30)34(31,32)26(20-11-16(24)7-9-21(20)33-2)13-22(28)25-17-5-3-4-15(23)10-17/h3-12H,13H2,1-2H3,(H,25,28). The van der Waals surface area contributed by atoms with Gasteiger partial charge in [-0.2, -0.15) is 0 Å². The number of benzene rings is 3. The maximum Gasteiger partial charge on any atom is 0.273 e. The van der Waals surface area contributed by atoms with Crippen molar-refractivity contribution in [3.8, 4) is 5.75 Å². The van der Waals surface area contributed by atoms with Crippen LogP contribution in [0.5, 0.6) is 5.75 Å². The number of halogens is 2. The second-order valence-corrected chi connectivity index (χ2v) is 10.3. The first-order valence-electron chi connectivity index (χ1n) is 9.69. The molecule has 0 atom stereocenters. The van der Waals surface area contributed by atoms with Gasteiger partial charge in [0.25, 0.3) is 15.7 Å². The van der Waals surface area contributed by atoms with Crippen molar-refractivity contribution < 1.29 is 22.9 Å². The largest absolute Gasteiger partial charge is 0.495 e. The fraction of sp³-hybridized carbons (Fsp3) is 0.136. The van der Waals surface area contributed by atoms with E-state index in [4.69, 9.17) is 16.3 Å². The molecule has 0 aromatic heterocycles. The summed E-state index contributed by atoms with van der Waals surface area (Å²) in [5.74, 6) is -0.504. The van der Waals surface area contributed by atoms with Crippen LogP contribution in [0.4, 0.5) is 17.1 Å². The molecule has 0 saturated heterocycles. The zero-order valence-electron chi connectivity index (χ0n) is 18.0. The Balaban J connectivity index is 2.10. The van der Waals surface area contributed by atoms with Crippen LogP contribution in [-0.4, -0.2) is 32.9 Å². The van der Waals surface area contributed by atoms with Gasteiger partial charge in [-0.3, -0.25) is 19.2 Å². The monoisotopic (exact) mass is 567 g/mol. The van der Waals surface area contributed by atoms with Gasteiger partial charge >= 0.3 is 0 Å². The summed E-state index contributed by atoms with van der Waals surface area (Å²) in [6.45, 7) is 0.852. The minimum Gasteiger partial charge on any atom is -0.495 e. The maximum atomic E-state index is 13.7. The van der Waals surface area contributed by atoms with Crippen LogP contribution in [0.15, 0.2) is 70.0 Å². The Bertz CT molecular complexity index is 1370. The summed E-state index contributed by atoms with van der Waals surface area (Å²) in [6, 6.07) is 14.6. The number of nitrogens with zero attached hydrogens (tertiary/aromatic N) is 2. The third kappa shape index (κ3) is 5.66. The predicted octanol–water partition coefficient (Wildman–Crippen LogP) is 5.16. The highest BCUT2D eigenvalue weighted by Crippen LogP contribution is 2.35. The van der Waals surface area contributed by atoms with Gasteiger partial charge in [-0.1, -0.05) is 39.7 Å². The molecule has 0 unspecified atom stereocenters. The van der Waals surface area contributed by atoms with Crippen molar-refractivity contribution in [1.82, 2.24) is 0 Å². The van der Waals surface area contributed by atoms with E-state index in [1.165, 1.54) is 44.4 Å². The van der Waals surface area contributed by atoms with Gasteiger partial charge in [0.2, 0.25) is 5.91 Å². The lowest BCUT2D eigenvalue weighted by Crippen LogP contribution is -2.38. The number of carbonyl (C=O) groups is 1. The topological polar surface area (TPSA) is 119 Å². The van der Waals surface area contributed by atoms with E-state index >= 15 is 0 Å². The second kappa shape index (κ2) is 10.4. The second-order valence-electron chi connectivity index (χ2n) is 7.09. The SMILES string of the molecule is COc1ccc(Cl)cc1N(CC(=O)Nc1cccc(Br)c1)S(=O)(=O)c1ccc(C)c([N+](=O)[O-])c1. The van der Waals surface area contributed by atoms with Gasteiger partial charge in [-0.05, 0) is 49.4 Å². The number of methoxy groups -OCH3 is 1. The number of nitrogens with one attached hydrogen (secondary N) is 1. The molecule has 0 aliphatic rings. The maximum absolute atomic E-state index is 13.7. The molecule has 34 heavy (non-hydrogen) atoms. The number of hydrogen-bond acceptors (Lipinski definition) is 6. The molecule has 1 amide bonds. The third-order valence-electron chi connectivity index (χ3n) is 4.77. The van der Waals surface area contributed by atoms with Gasteiger partial charge in [0.05, 0.1) is 22.6 Å². The lowest BCUT2D eigenvalue weighted by atomic mass is 10.2. The summed E-state index contributed by atoms with van der Waals surface area (Å²) < 4.78 is 34.1. The molecular weight excluding hydrogens is 550 g/mol. The fourth-order valence-electron chi connectivity index (χ4n) is 3.13. The highest BCUT2D eigenvalue weighted by Gasteiger charge is 2.31. The van der Waals surface area contributed by atoms with E-state index in [1.54, 1.807) is 24.3 Å². The molecule has 0 aliphatic carbocycles. The first-order chi connectivity index (χ1) is 16.0. The van der Waals surface area contributed by atoms with E-state index in [-0.39, 0.29) is 27.0 Å². The Hall–Kier alpha value is -3.15. The van der Waals surface area contributed by atoms with Crippen LogP contribution in [0.1, 0.15) is 5.56 Å². The average molecular weight is 569 g/mol. The van der Waals surface area contributed by atoms with Crippen molar-refractivity contribution in [2.24, 2.45) is 0 Å². The highest BCUT2D eigenvalue weighted by molar-refractivity contribution is 9.10. The summed E-state index contributed by atoms with van der Waals surface area (Å²) in [5.41, 5.74) is 0.379. The molecule has 0 saturated carbocycles. The minimum atomic E-state index is -4.45. The molecular formula is C22H19BrClN3O6S. The van der Waals surface area contributed by atoms with Gasteiger partial charge in [-0.25, -0.2) is 8.42 Å². The molecule has 3 rings (SSSR count). The number of anilines is 2. The van der Waals surface area contributed by atoms with Crippen molar-refractivity contribution >= 4 is 60.5 Å². The van der Waals surface area contributed by atoms with E-state index in [1.807, 2.05) is 0 Å². The lowest BCUT2D eigenvalue weighted by molar-refractivity contribution is -0.385. The van der Waals surface area contributed by atoms with Crippen molar-refractivity contribution in [3.63, 3.8) is 0 Å². The number of nitro groups is 1. The summed E-state index contributed by atoms with van der Waals surface area (Å²) in [6.07, 6.45) is 0. The van der Waals surface area contributed by atoms with Crippen LogP contribution in [-0.2, 0) is 14.8 Å². The molecule has 9 nitrogen and oxygen atoms in total. The van der Waals surface area contributed by atoms with E-state index < -0.39 is 27.4 Å². The van der Waals surface area contributed by atoms with Gasteiger partial charge in [-0.15, -0.1) is 0 Å². The summed E-state index contributed by atoms with van der Waals surface area (Å²) in [7, 11) is -3.11. The Morgan fingerprint density at radius 1 is 1.18 bits per heavy atom. The molecule has 0 radical (unpaired) electrons. The number of carbonyl (C=O) groups excluding carboxylic acids is 1. The van der Waals surface area contributed by atoms with Crippen LogP contribution >= 0.6 is 27.5 Å². The molecule has 3 aromatic carbocycles. The summed E-state index contributed by atoms with van der Waals surface area (Å²) >= 11 is 9.42. The van der Waals surface area contributed by atoms with E-state index in [2.05, 4.69) is 21.2 Å². The summed E-state index contributed by atoms with van der Waals surface area (Å²) in [5, 5.41) is 14.2. The molecule has 0 bridgehead atoms. The molecule has 0 aliphatic heterocycles. The van der Waals surface area contributed by atoms with Crippen molar-refractivity contribution in [2.45, 2.75) is 11.8 Å². The first-order valence-corrected chi connectivity index (χ1v) is 12.3. The Morgan fingerprint density at radius 3 is 2.56 bits per heavy atom. The molecule has 12 heteroatoms. The van der Waals surface area contributed by atoms with Gasteiger partial charge in [0, 0.05) is 26.8 Å². The van der Waals surface area contributed by atoms with E-state index in [0.29, 0.717) is 11.3 Å². The van der Waals surface area contributed by atoms with Crippen LogP contribution < -0.4 is 14.4 Å². The number of amides is 1. The fourth-order valence-corrected chi connectivity index (χ4v) is 5.14. The van der Waals surface area contributed by atoms with Crippen LogP contribution in [0.25, 0.3) is 0 Å². The number of nitro benzene ring substituents is 1. The summed E-state index contributed by atoms with van der Waals surface area (Å²) in [4.78, 5) is 23.2. The number of aryl methyl sites for hydroxylation is 1. The molecule has 178 valence electrons. The van der Waals surface area contributed by atoms with E-state index in [0.717, 1.165) is 14.8 Å². The van der Waals surface area contributed by atoms with Crippen molar-refractivity contribution in [2.75, 3.05) is 23.3 Å². The van der Waals surface area contributed by atoms with Gasteiger partial charge in [0.15, 0.2) is 0 Å². The third-order valence-corrected chi connectivity index (χ3v) is 7.25. The molecule has 0 heterocycles. The van der Waals surface area contributed by atoms with Crippen LogP contribution in [0, 0.1) is 17.0 Å². The van der Waals surface area contributed by atoms with Crippen molar-refractivity contribution in [3.05, 3.63) is 85.8 Å². The van der Waals surface area contributed by atoms with Gasteiger partial charge in [0.1, 0.15) is 12.3 Å². The quantitative estimate of drug-likeness (QED) is 0.296. The Morgan fingerprint density at radius 2 is 1.91 bits per heavy atom. The number of sulfonamides is 1. The average Bonchev–Trinajstić information content (AvgIpc) is 2.77. The molecule has 3 aromatic rings. The van der Waals surface area contributed by atoms with E-state index in [9.17, 15) is 23.3 Å². The lowest BCUT2D eigenvalue weighted by Gasteiger charge is -2.26. The molecule has 0 fully saturated rings. The number of hydrogen-bond donors (Lipinski definition) is 1. The zero-order valence-corrected chi connectivity index (χ0v) is 21.1. The molecule has 1 N–H and O–H groups in total. The van der Waals surface area contributed by atoms with Crippen LogP contribution in [0.2, 0.25) is 5.02 Å². The number of ether oxygens (including phenoxy) is 1. The Kier molecular flexibility index (Phi) is 7.80. The first kappa shape index (κ1) is 25.5. The molecule has 0 spiro atoms. The predicted molar refractivity (Wildman–Crippen MR) is 133 cm³/mol. The number of rotatable bonds is 8. The van der Waals surface area contributed by atoms with Crippen molar-refractivity contribution in [1.29, 1.82) is 0 Å². The minimum absolute atomic E-state index is 0.00243. The Labute approximate surface area is 209 Å². The normalized spacial score (nSPS) is 11.1. The smallest absolute Gasteiger partial charge is 0.273 e. The van der Waals surface area contributed by atoms with Crippen LogP contribution in [0.3, 0.4) is 0 Å². The van der Waals surface area contributed by atoms with Gasteiger partial charge < -0.3 is 10.1 Å².